The van der Waals surface area contributed by atoms with Gasteiger partial charge in [-0.05, 0) is 48.7 Å². The number of nitrogens with zero attached hydrogens (tertiary/aromatic N) is 1. The summed E-state index contributed by atoms with van der Waals surface area (Å²) in [4.78, 5) is 15.5. The minimum Gasteiger partial charge on any atom is -0.335 e. The highest BCUT2D eigenvalue weighted by atomic mass is 32.2. The van der Waals surface area contributed by atoms with Crippen molar-refractivity contribution in [3.05, 3.63) is 78.4 Å². The molecule has 0 aliphatic heterocycles. The Labute approximate surface area is 148 Å². The highest BCUT2D eigenvalue weighted by molar-refractivity contribution is 8.13. The number of amides is 1. The molecule has 0 saturated heterocycles. The van der Waals surface area contributed by atoms with Crippen molar-refractivity contribution in [3.8, 4) is 0 Å². The third-order valence-corrected chi connectivity index (χ3v) is 5.73. The number of allylic oxidation sites excluding steroid dienone is 1. The number of hydrogen-bond acceptors (Lipinski definition) is 2. The molecule has 2 aromatic rings. The lowest BCUT2D eigenvalue weighted by Crippen LogP contribution is -2.39. The molecule has 1 aliphatic rings. The smallest absolute Gasteiger partial charge is 0.286 e. The Bertz CT molecular complexity index is 713. The summed E-state index contributed by atoms with van der Waals surface area (Å²) in [6, 6.07) is 20.4. The van der Waals surface area contributed by atoms with Gasteiger partial charge in [0.15, 0.2) is 0 Å². The third kappa shape index (κ3) is 3.73. The number of carbonyl (C=O) groups excluding carboxylic acids is 1. The van der Waals surface area contributed by atoms with Gasteiger partial charge in [-0.25, -0.2) is 0 Å². The molecule has 0 spiro atoms. The molecule has 3 heteroatoms. The quantitative estimate of drug-likeness (QED) is 0.542. The molecular formula is C21H23NOS. The molecule has 1 fully saturated rings. The Hall–Kier alpha value is -2.00. The fourth-order valence-electron chi connectivity index (χ4n) is 3.52. The number of thioether (sulfide) groups is 1. The van der Waals surface area contributed by atoms with E-state index in [2.05, 4.69) is 30.8 Å². The van der Waals surface area contributed by atoms with Crippen LogP contribution in [0.5, 0.6) is 0 Å². The number of carbonyl (C=O) groups is 1. The van der Waals surface area contributed by atoms with Gasteiger partial charge in [-0.2, -0.15) is 0 Å². The van der Waals surface area contributed by atoms with E-state index >= 15 is 0 Å². The van der Waals surface area contributed by atoms with E-state index in [1.165, 1.54) is 22.9 Å². The van der Waals surface area contributed by atoms with Crippen molar-refractivity contribution in [1.29, 1.82) is 0 Å². The van der Waals surface area contributed by atoms with Crippen molar-refractivity contribution in [2.24, 2.45) is 0 Å². The van der Waals surface area contributed by atoms with Crippen molar-refractivity contribution in [3.63, 3.8) is 0 Å². The number of rotatable bonds is 4. The van der Waals surface area contributed by atoms with E-state index in [9.17, 15) is 4.79 Å². The van der Waals surface area contributed by atoms with Crippen molar-refractivity contribution >= 4 is 17.0 Å². The molecule has 1 unspecified atom stereocenters. The first-order valence-corrected chi connectivity index (χ1v) is 9.11. The third-order valence-electron chi connectivity index (χ3n) is 4.73. The molecular weight excluding hydrogens is 314 g/mol. The van der Waals surface area contributed by atoms with E-state index in [1.807, 2.05) is 48.3 Å². The van der Waals surface area contributed by atoms with Gasteiger partial charge in [0.1, 0.15) is 0 Å². The predicted molar refractivity (Wildman–Crippen MR) is 101 cm³/mol. The summed E-state index contributed by atoms with van der Waals surface area (Å²) in [5.41, 5.74) is 2.60. The van der Waals surface area contributed by atoms with Crippen molar-refractivity contribution < 1.29 is 4.79 Å². The Morgan fingerprint density at radius 3 is 2.33 bits per heavy atom. The molecule has 3 rings (SSSR count). The molecule has 0 bridgehead atoms. The molecule has 0 N–H and O–H groups in total. The molecule has 1 amide bonds. The minimum atomic E-state index is 0.00000118. The first-order chi connectivity index (χ1) is 11.6. The Balaban J connectivity index is 1.75. The fourth-order valence-corrected chi connectivity index (χ4v) is 4.24. The van der Waals surface area contributed by atoms with Gasteiger partial charge in [-0.15, -0.1) is 0 Å². The van der Waals surface area contributed by atoms with Crippen LogP contribution in [0.25, 0.3) is 0 Å². The summed E-state index contributed by atoms with van der Waals surface area (Å²) >= 11 is 1.29. The standard InChI is InChI=1S/C21H23NOS/c1-17-13-14-21(15-17,18-9-5-3-6-10-18)16-22(2)20(23)24-19-11-7-4-8-12-19/h3-12H,1,13-16H2,2H3. The normalized spacial score (nSPS) is 20.1. The van der Waals surface area contributed by atoms with Crippen LogP contribution in [0.15, 0.2) is 77.7 Å². The van der Waals surface area contributed by atoms with Gasteiger partial charge in [0, 0.05) is 23.9 Å². The molecule has 124 valence electrons. The monoisotopic (exact) mass is 337 g/mol. The van der Waals surface area contributed by atoms with E-state index in [0.717, 1.165) is 30.7 Å². The zero-order valence-electron chi connectivity index (χ0n) is 14.1. The summed E-state index contributed by atoms with van der Waals surface area (Å²) in [5, 5.41) is 0.0917. The highest BCUT2D eigenvalue weighted by Gasteiger charge is 2.39. The molecule has 2 nitrogen and oxygen atoms in total. The topological polar surface area (TPSA) is 20.3 Å². The van der Waals surface area contributed by atoms with Crippen molar-refractivity contribution in [2.75, 3.05) is 13.6 Å². The SMILES string of the molecule is C=C1CCC(CN(C)C(=O)Sc2ccccc2)(c2ccccc2)C1. The average Bonchev–Trinajstić information content (AvgIpc) is 2.98. The number of likely N-dealkylation sites (N-methyl/N-ethyl adjacent to an activating group) is 1. The van der Waals surface area contributed by atoms with Gasteiger partial charge < -0.3 is 4.90 Å². The van der Waals surface area contributed by atoms with E-state index in [1.54, 1.807) is 0 Å². The van der Waals surface area contributed by atoms with Gasteiger partial charge in [0.2, 0.25) is 0 Å². The van der Waals surface area contributed by atoms with E-state index in [0.29, 0.717) is 0 Å². The summed E-state index contributed by atoms with van der Waals surface area (Å²) < 4.78 is 0. The lowest BCUT2D eigenvalue weighted by molar-refractivity contribution is 0.218. The van der Waals surface area contributed by atoms with Gasteiger partial charge in [-0.1, -0.05) is 60.7 Å². The van der Waals surface area contributed by atoms with Crippen molar-refractivity contribution in [1.82, 2.24) is 4.90 Å². The van der Waals surface area contributed by atoms with E-state index in [4.69, 9.17) is 0 Å². The Morgan fingerprint density at radius 1 is 1.12 bits per heavy atom. The molecule has 24 heavy (non-hydrogen) atoms. The van der Waals surface area contributed by atoms with Crippen LogP contribution in [0.2, 0.25) is 0 Å². The lowest BCUT2D eigenvalue weighted by atomic mass is 9.78. The second-order valence-corrected chi connectivity index (χ2v) is 7.63. The van der Waals surface area contributed by atoms with Crippen LogP contribution in [0.1, 0.15) is 24.8 Å². The second-order valence-electron chi connectivity index (χ2n) is 6.61. The molecule has 1 atom stereocenters. The fraction of sp³-hybridized carbons (Fsp3) is 0.286. The second kappa shape index (κ2) is 7.27. The first-order valence-electron chi connectivity index (χ1n) is 8.29. The summed E-state index contributed by atoms with van der Waals surface area (Å²) in [7, 11) is 1.91. The van der Waals surface area contributed by atoms with Gasteiger partial charge >= 0.3 is 0 Å². The van der Waals surface area contributed by atoms with Crippen LogP contribution >= 0.6 is 11.8 Å². The number of hydrogen-bond donors (Lipinski definition) is 0. The van der Waals surface area contributed by atoms with Gasteiger partial charge in [0.05, 0.1) is 0 Å². The first kappa shape index (κ1) is 16.8. The Kier molecular flexibility index (Phi) is 5.10. The maximum atomic E-state index is 12.6. The summed E-state index contributed by atoms with van der Waals surface area (Å²) in [6.07, 6.45) is 3.07. The van der Waals surface area contributed by atoms with Gasteiger partial charge in [-0.3, -0.25) is 4.79 Å². The summed E-state index contributed by atoms with van der Waals surface area (Å²) in [6.45, 7) is 4.92. The van der Waals surface area contributed by atoms with Crippen LogP contribution in [0, 0.1) is 0 Å². The molecule has 2 aromatic carbocycles. The van der Waals surface area contributed by atoms with Crippen LogP contribution in [0.4, 0.5) is 4.79 Å². The molecule has 0 heterocycles. The minimum absolute atomic E-state index is 0.00000118. The molecule has 1 saturated carbocycles. The average molecular weight is 337 g/mol. The molecule has 1 aliphatic carbocycles. The maximum absolute atomic E-state index is 12.6. The zero-order valence-corrected chi connectivity index (χ0v) is 14.9. The lowest BCUT2D eigenvalue weighted by Gasteiger charge is -2.34. The largest absolute Gasteiger partial charge is 0.335 e. The molecule has 0 aromatic heterocycles. The predicted octanol–water partition coefficient (Wildman–Crippen LogP) is 5.51. The highest BCUT2D eigenvalue weighted by Crippen LogP contribution is 2.44. The van der Waals surface area contributed by atoms with Crippen LogP contribution in [-0.4, -0.2) is 23.7 Å². The van der Waals surface area contributed by atoms with E-state index < -0.39 is 0 Å². The van der Waals surface area contributed by atoms with Gasteiger partial charge in [0.25, 0.3) is 5.24 Å². The maximum Gasteiger partial charge on any atom is 0.286 e. The van der Waals surface area contributed by atoms with Crippen LogP contribution in [0.3, 0.4) is 0 Å². The number of benzene rings is 2. The zero-order chi connectivity index (χ0) is 17.0. The van der Waals surface area contributed by atoms with Crippen LogP contribution < -0.4 is 0 Å². The van der Waals surface area contributed by atoms with E-state index in [-0.39, 0.29) is 10.7 Å². The van der Waals surface area contributed by atoms with Crippen LogP contribution in [-0.2, 0) is 5.41 Å². The van der Waals surface area contributed by atoms with Crippen molar-refractivity contribution in [2.45, 2.75) is 29.6 Å². The Morgan fingerprint density at radius 2 is 1.75 bits per heavy atom. The molecule has 0 radical (unpaired) electrons. The summed E-state index contributed by atoms with van der Waals surface area (Å²) in [5.74, 6) is 0.